The van der Waals surface area contributed by atoms with E-state index in [-0.39, 0.29) is 6.42 Å². The minimum atomic E-state index is -4.06. The Morgan fingerprint density at radius 1 is 1.18 bits per heavy atom. The van der Waals surface area contributed by atoms with E-state index in [1.54, 1.807) is 0 Å². The molecule has 0 fully saturated rings. The number of benzene rings is 1. The summed E-state index contributed by atoms with van der Waals surface area (Å²) in [5.41, 5.74) is 2.16. The first kappa shape index (κ1) is 12.0. The van der Waals surface area contributed by atoms with Gasteiger partial charge in [-0.15, -0.1) is 0 Å². The fourth-order valence-electron chi connectivity index (χ4n) is 2.02. The lowest BCUT2D eigenvalue weighted by Crippen LogP contribution is -2.08. The number of hydrogen-bond acceptors (Lipinski definition) is 0. The first-order valence-electron chi connectivity index (χ1n) is 5.58. The summed E-state index contributed by atoms with van der Waals surface area (Å²) in [6, 6.07) is 7.83. The van der Waals surface area contributed by atoms with E-state index >= 15 is 0 Å². The summed E-state index contributed by atoms with van der Waals surface area (Å²) in [6.07, 6.45) is -2.80. The lowest BCUT2D eigenvalue weighted by molar-refractivity contribution is -0.135. The van der Waals surface area contributed by atoms with Gasteiger partial charge in [-0.1, -0.05) is 12.1 Å². The van der Waals surface area contributed by atoms with Crippen LogP contribution < -0.4 is 0 Å². The lowest BCUT2D eigenvalue weighted by Gasteiger charge is -2.08. The van der Waals surface area contributed by atoms with Crippen molar-refractivity contribution in [3.05, 3.63) is 36.0 Å². The van der Waals surface area contributed by atoms with Gasteiger partial charge in [0.2, 0.25) is 0 Å². The van der Waals surface area contributed by atoms with Gasteiger partial charge in [0.05, 0.1) is 0 Å². The molecule has 0 unspecified atom stereocenters. The van der Waals surface area contributed by atoms with Crippen molar-refractivity contribution in [2.24, 2.45) is 0 Å². The van der Waals surface area contributed by atoms with Crippen molar-refractivity contribution < 1.29 is 13.2 Å². The molecule has 0 bridgehead atoms. The fourth-order valence-corrected chi connectivity index (χ4v) is 2.02. The molecule has 0 saturated carbocycles. The zero-order valence-electron chi connectivity index (χ0n) is 9.59. The minimum Gasteiger partial charge on any atom is -0.347 e. The average molecular weight is 241 g/mol. The van der Waals surface area contributed by atoms with Crippen LogP contribution in [-0.2, 0) is 6.54 Å². The van der Waals surface area contributed by atoms with Crippen LogP contribution in [0.4, 0.5) is 13.2 Å². The summed E-state index contributed by atoms with van der Waals surface area (Å²) in [5.74, 6) is 0. The second kappa shape index (κ2) is 4.43. The molecular formula is C13H14F3N. The van der Waals surface area contributed by atoms with E-state index in [2.05, 4.69) is 0 Å². The smallest absolute Gasteiger partial charge is 0.347 e. The number of aromatic nitrogens is 1. The van der Waals surface area contributed by atoms with Gasteiger partial charge < -0.3 is 4.57 Å². The van der Waals surface area contributed by atoms with Gasteiger partial charge in [-0.05, 0) is 31.0 Å². The molecule has 0 radical (unpaired) electrons. The maximum absolute atomic E-state index is 12.1. The Bertz CT molecular complexity index is 511. The standard InChI is InChI=1S/C13H14F3N/c1-10-4-2-5-12-11(10)6-9-17(12)8-3-7-13(14,15)16/h2,4-6,9H,3,7-8H2,1H3. The van der Waals surface area contributed by atoms with E-state index in [4.69, 9.17) is 0 Å². The van der Waals surface area contributed by atoms with Gasteiger partial charge in [0, 0.05) is 30.1 Å². The monoisotopic (exact) mass is 241 g/mol. The Morgan fingerprint density at radius 3 is 2.65 bits per heavy atom. The Labute approximate surface area is 97.9 Å². The molecule has 1 nitrogen and oxygen atoms in total. The van der Waals surface area contributed by atoms with Crippen molar-refractivity contribution in [1.29, 1.82) is 0 Å². The van der Waals surface area contributed by atoms with E-state index in [9.17, 15) is 13.2 Å². The number of halogens is 3. The SMILES string of the molecule is Cc1cccc2c1ccn2CCCC(F)(F)F. The quantitative estimate of drug-likeness (QED) is 0.755. The first-order chi connectivity index (χ1) is 7.97. The molecule has 0 saturated heterocycles. The molecule has 4 heteroatoms. The molecule has 1 heterocycles. The fraction of sp³-hybridized carbons (Fsp3) is 0.385. The highest BCUT2D eigenvalue weighted by Crippen LogP contribution is 2.24. The van der Waals surface area contributed by atoms with Crippen LogP contribution >= 0.6 is 0 Å². The third kappa shape index (κ3) is 2.81. The third-order valence-electron chi connectivity index (χ3n) is 2.89. The van der Waals surface area contributed by atoms with Crippen molar-refractivity contribution >= 4 is 10.9 Å². The van der Waals surface area contributed by atoms with Crippen LogP contribution in [0.15, 0.2) is 30.5 Å². The molecule has 0 spiro atoms. The van der Waals surface area contributed by atoms with Crippen molar-refractivity contribution in [3.63, 3.8) is 0 Å². The summed E-state index contributed by atoms with van der Waals surface area (Å²) in [4.78, 5) is 0. The summed E-state index contributed by atoms with van der Waals surface area (Å²) >= 11 is 0. The van der Waals surface area contributed by atoms with Crippen LogP contribution in [0.2, 0.25) is 0 Å². The summed E-state index contributed by atoms with van der Waals surface area (Å²) in [6.45, 7) is 2.41. The zero-order chi connectivity index (χ0) is 12.5. The largest absolute Gasteiger partial charge is 0.389 e. The van der Waals surface area contributed by atoms with Crippen LogP contribution in [0, 0.1) is 6.92 Å². The van der Waals surface area contributed by atoms with Gasteiger partial charge in [0.25, 0.3) is 0 Å². The predicted molar refractivity (Wildman–Crippen MR) is 62.0 cm³/mol. The molecular weight excluding hydrogens is 227 g/mol. The van der Waals surface area contributed by atoms with Crippen LogP contribution in [0.1, 0.15) is 18.4 Å². The van der Waals surface area contributed by atoms with Crippen molar-refractivity contribution in [1.82, 2.24) is 4.57 Å². The number of rotatable bonds is 3. The van der Waals surface area contributed by atoms with Crippen LogP contribution in [0.5, 0.6) is 0 Å². The number of aryl methyl sites for hydroxylation is 2. The normalized spacial score (nSPS) is 12.2. The molecule has 0 atom stereocenters. The van der Waals surface area contributed by atoms with Gasteiger partial charge in [-0.3, -0.25) is 0 Å². The Hall–Kier alpha value is -1.45. The van der Waals surface area contributed by atoms with Crippen LogP contribution in [-0.4, -0.2) is 10.7 Å². The van der Waals surface area contributed by atoms with Gasteiger partial charge in [-0.2, -0.15) is 13.2 Å². The van der Waals surface area contributed by atoms with Gasteiger partial charge in [0.1, 0.15) is 0 Å². The minimum absolute atomic E-state index is 0.126. The Kier molecular flexibility index (Phi) is 3.13. The van der Waals surface area contributed by atoms with Crippen LogP contribution in [0.25, 0.3) is 10.9 Å². The maximum Gasteiger partial charge on any atom is 0.389 e. The molecule has 0 aliphatic rings. The van der Waals surface area contributed by atoms with Crippen LogP contribution in [0.3, 0.4) is 0 Å². The van der Waals surface area contributed by atoms with Crippen molar-refractivity contribution in [3.8, 4) is 0 Å². The molecule has 17 heavy (non-hydrogen) atoms. The van der Waals surface area contributed by atoms with E-state index in [1.807, 2.05) is 42.0 Å². The third-order valence-corrected chi connectivity index (χ3v) is 2.89. The van der Waals surface area contributed by atoms with Gasteiger partial charge in [-0.25, -0.2) is 0 Å². The number of hydrogen-bond donors (Lipinski definition) is 0. The van der Waals surface area contributed by atoms with Gasteiger partial charge in [0.15, 0.2) is 0 Å². The molecule has 1 aromatic carbocycles. The zero-order valence-corrected chi connectivity index (χ0v) is 9.59. The highest BCUT2D eigenvalue weighted by atomic mass is 19.4. The Morgan fingerprint density at radius 2 is 1.94 bits per heavy atom. The van der Waals surface area contributed by atoms with E-state index < -0.39 is 12.6 Å². The first-order valence-corrected chi connectivity index (χ1v) is 5.58. The summed E-state index contributed by atoms with van der Waals surface area (Å²) in [7, 11) is 0. The molecule has 1 aromatic heterocycles. The molecule has 0 aliphatic heterocycles. The molecule has 2 rings (SSSR count). The summed E-state index contributed by atoms with van der Waals surface area (Å²) < 4.78 is 38.0. The topological polar surface area (TPSA) is 4.93 Å². The predicted octanol–water partition coefficient (Wildman–Crippen LogP) is 4.29. The molecule has 0 N–H and O–H groups in total. The number of nitrogens with zero attached hydrogens (tertiary/aromatic N) is 1. The number of alkyl halides is 3. The van der Waals surface area contributed by atoms with E-state index in [1.165, 1.54) is 0 Å². The molecule has 0 aliphatic carbocycles. The molecule has 2 aromatic rings. The second-order valence-corrected chi connectivity index (χ2v) is 4.24. The highest BCUT2D eigenvalue weighted by Gasteiger charge is 2.26. The Balaban J connectivity index is 2.12. The van der Waals surface area contributed by atoms with E-state index in [0.717, 1.165) is 16.5 Å². The van der Waals surface area contributed by atoms with E-state index in [0.29, 0.717) is 6.54 Å². The average Bonchev–Trinajstić information content (AvgIpc) is 2.61. The molecule has 0 amide bonds. The second-order valence-electron chi connectivity index (χ2n) is 4.24. The summed E-state index contributed by atoms with van der Waals surface area (Å²) in [5, 5.41) is 1.11. The van der Waals surface area contributed by atoms with Crippen molar-refractivity contribution in [2.45, 2.75) is 32.5 Å². The van der Waals surface area contributed by atoms with Gasteiger partial charge >= 0.3 is 6.18 Å². The lowest BCUT2D eigenvalue weighted by atomic mass is 10.1. The maximum atomic E-state index is 12.1. The highest BCUT2D eigenvalue weighted by molar-refractivity contribution is 5.83. The number of fused-ring (bicyclic) bond motifs is 1. The van der Waals surface area contributed by atoms with Crippen molar-refractivity contribution in [2.75, 3.05) is 0 Å². The molecule has 92 valence electrons.